The van der Waals surface area contributed by atoms with Gasteiger partial charge in [0.2, 0.25) is 10.0 Å². The highest BCUT2D eigenvalue weighted by atomic mass is 79.9. The van der Waals surface area contributed by atoms with Crippen LogP contribution in [0.15, 0.2) is 21.5 Å². The van der Waals surface area contributed by atoms with Crippen LogP contribution < -0.4 is 5.73 Å². The van der Waals surface area contributed by atoms with Gasteiger partial charge in [0, 0.05) is 24.7 Å². The summed E-state index contributed by atoms with van der Waals surface area (Å²) in [4.78, 5) is -0.0202. The number of anilines is 1. The Morgan fingerprint density at radius 1 is 1.50 bits per heavy atom. The van der Waals surface area contributed by atoms with Crippen molar-refractivity contribution < 1.29 is 17.5 Å². The van der Waals surface area contributed by atoms with Gasteiger partial charge < -0.3 is 10.5 Å². The molecule has 1 unspecified atom stereocenters. The van der Waals surface area contributed by atoms with Gasteiger partial charge in [0.05, 0.1) is 16.7 Å². The number of sulfonamides is 1. The molecule has 2 rings (SSSR count). The van der Waals surface area contributed by atoms with Crippen LogP contribution in [0.5, 0.6) is 0 Å². The molecule has 20 heavy (non-hydrogen) atoms. The van der Waals surface area contributed by atoms with Crippen LogP contribution in [0.25, 0.3) is 0 Å². The molecule has 0 amide bonds. The largest absolute Gasteiger partial charge is 0.396 e. The molecular weight excluding hydrogens is 351 g/mol. The summed E-state index contributed by atoms with van der Waals surface area (Å²) in [6.45, 7) is 0.717. The number of hydrogen-bond acceptors (Lipinski definition) is 4. The number of methoxy groups -OCH3 is 1. The lowest BCUT2D eigenvalue weighted by Gasteiger charge is -2.31. The molecule has 1 aromatic carbocycles. The molecule has 1 saturated heterocycles. The smallest absolute Gasteiger partial charge is 0.244 e. The highest BCUT2D eigenvalue weighted by Gasteiger charge is 2.32. The predicted molar refractivity (Wildman–Crippen MR) is 77.3 cm³/mol. The van der Waals surface area contributed by atoms with E-state index in [1.54, 1.807) is 7.11 Å². The third-order valence-electron chi connectivity index (χ3n) is 3.34. The first-order valence-electron chi connectivity index (χ1n) is 6.13. The van der Waals surface area contributed by atoms with Gasteiger partial charge >= 0.3 is 0 Å². The molecule has 1 atom stereocenters. The fraction of sp³-hybridized carbons (Fsp3) is 0.500. The molecule has 112 valence electrons. The number of rotatable bonds is 3. The lowest BCUT2D eigenvalue weighted by Crippen LogP contribution is -2.42. The van der Waals surface area contributed by atoms with E-state index >= 15 is 0 Å². The highest BCUT2D eigenvalue weighted by Crippen LogP contribution is 2.30. The Kier molecular flexibility index (Phi) is 4.68. The second-order valence-corrected chi connectivity index (χ2v) is 7.43. The zero-order valence-electron chi connectivity index (χ0n) is 11.0. The van der Waals surface area contributed by atoms with Gasteiger partial charge in [-0.15, -0.1) is 0 Å². The Labute approximate surface area is 126 Å². The Bertz CT molecular complexity index is 609. The lowest BCUT2D eigenvalue weighted by atomic mass is 10.1. The van der Waals surface area contributed by atoms with Gasteiger partial charge in [0.25, 0.3) is 0 Å². The Balaban J connectivity index is 2.37. The zero-order valence-corrected chi connectivity index (χ0v) is 13.4. The summed E-state index contributed by atoms with van der Waals surface area (Å²) < 4.78 is 45.3. The number of hydrogen-bond donors (Lipinski definition) is 1. The number of halogens is 2. The zero-order chi connectivity index (χ0) is 14.9. The maximum atomic E-state index is 13.3. The lowest BCUT2D eigenvalue weighted by molar-refractivity contribution is 0.0572. The second-order valence-electron chi connectivity index (χ2n) is 4.67. The number of benzene rings is 1. The van der Waals surface area contributed by atoms with Crippen molar-refractivity contribution in [1.29, 1.82) is 0 Å². The van der Waals surface area contributed by atoms with E-state index in [1.165, 1.54) is 4.31 Å². The molecule has 0 radical (unpaired) electrons. The first-order chi connectivity index (χ1) is 9.36. The van der Waals surface area contributed by atoms with Crippen LogP contribution in [0.1, 0.15) is 12.8 Å². The van der Waals surface area contributed by atoms with Crippen molar-refractivity contribution in [1.82, 2.24) is 4.31 Å². The van der Waals surface area contributed by atoms with Gasteiger partial charge in [-0.2, -0.15) is 4.31 Å². The standard InChI is InChI=1S/C12H16BrFN2O3S/c1-19-8-3-2-4-16(7-8)20(17,18)12-6-11(15)10(14)5-9(12)13/h5-6,8H,2-4,7,15H2,1H3. The van der Waals surface area contributed by atoms with Gasteiger partial charge in [-0.3, -0.25) is 0 Å². The van der Waals surface area contributed by atoms with E-state index in [9.17, 15) is 12.8 Å². The topological polar surface area (TPSA) is 72.6 Å². The molecule has 0 bridgehead atoms. The van der Waals surface area contributed by atoms with E-state index in [-0.39, 0.29) is 21.2 Å². The average Bonchev–Trinajstić information content (AvgIpc) is 2.42. The molecular formula is C12H16BrFN2O3S. The highest BCUT2D eigenvalue weighted by molar-refractivity contribution is 9.10. The van der Waals surface area contributed by atoms with Crippen molar-refractivity contribution in [3.05, 3.63) is 22.4 Å². The summed E-state index contributed by atoms with van der Waals surface area (Å²) in [6.07, 6.45) is 1.44. The molecule has 8 heteroatoms. The monoisotopic (exact) mass is 366 g/mol. The maximum Gasteiger partial charge on any atom is 0.244 e. The van der Waals surface area contributed by atoms with Crippen molar-refractivity contribution >= 4 is 31.6 Å². The second kappa shape index (κ2) is 5.97. The number of nitrogens with two attached hydrogens (primary N) is 1. The van der Waals surface area contributed by atoms with Gasteiger partial charge in [-0.1, -0.05) is 0 Å². The Morgan fingerprint density at radius 2 is 2.20 bits per heavy atom. The number of piperidine rings is 1. The van der Waals surface area contributed by atoms with Crippen LogP contribution in [-0.4, -0.2) is 39.0 Å². The van der Waals surface area contributed by atoms with Crippen LogP contribution in [0.2, 0.25) is 0 Å². The predicted octanol–water partition coefficient (Wildman–Crippen LogP) is 1.97. The molecule has 0 saturated carbocycles. The Hall–Kier alpha value is -0.700. The quantitative estimate of drug-likeness (QED) is 0.830. The van der Waals surface area contributed by atoms with Crippen molar-refractivity contribution in [3.8, 4) is 0 Å². The van der Waals surface area contributed by atoms with Gasteiger partial charge in [0.1, 0.15) is 5.82 Å². The van der Waals surface area contributed by atoms with E-state index in [0.717, 1.165) is 25.0 Å². The van der Waals surface area contributed by atoms with E-state index in [0.29, 0.717) is 13.1 Å². The van der Waals surface area contributed by atoms with Crippen LogP contribution in [0, 0.1) is 5.82 Å². The maximum absolute atomic E-state index is 13.3. The van der Waals surface area contributed by atoms with Crippen LogP contribution >= 0.6 is 15.9 Å². The molecule has 0 aromatic heterocycles. The van der Waals surface area contributed by atoms with Crippen LogP contribution in [-0.2, 0) is 14.8 Å². The first kappa shape index (κ1) is 15.7. The Morgan fingerprint density at radius 3 is 2.85 bits per heavy atom. The minimum absolute atomic E-state index is 0.0202. The van der Waals surface area contributed by atoms with Crippen LogP contribution in [0.4, 0.5) is 10.1 Å². The average molecular weight is 367 g/mol. The first-order valence-corrected chi connectivity index (χ1v) is 8.37. The molecule has 0 spiro atoms. The fourth-order valence-corrected chi connectivity index (χ4v) is 4.72. The van der Waals surface area contributed by atoms with Crippen molar-refractivity contribution in [2.45, 2.75) is 23.8 Å². The minimum atomic E-state index is -3.72. The summed E-state index contributed by atoms with van der Waals surface area (Å²) in [5.74, 6) is -0.649. The summed E-state index contributed by atoms with van der Waals surface area (Å²) in [7, 11) is -2.15. The van der Waals surface area contributed by atoms with E-state index < -0.39 is 15.8 Å². The third kappa shape index (κ3) is 2.98. The van der Waals surface area contributed by atoms with Crippen molar-refractivity contribution in [3.63, 3.8) is 0 Å². The molecule has 1 aliphatic rings. The minimum Gasteiger partial charge on any atom is -0.396 e. The van der Waals surface area contributed by atoms with E-state index in [1.807, 2.05) is 0 Å². The molecule has 5 nitrogen and oxygen atoms in total. The fourth-order valence-electron chi connectivity index (χ4n) is 2.20. The third-order valence-corrected chi connectivity index (χ3v) is 6.17. The molecule has 1 aliphatic heterocycles. The van der Waals surface area contributed by atoms with E-state index in [2.05, 4.69) is 15.9 Å². The summed E-state index contributed by atoms with van der Waals surface area (Å²) >= 11 is 3.08. The molecule has 1 aromatic rings. The molecule has 1 heterocycles. The van der Waals surface area contributed by atoms with E-state index in [4.69, 9.17) is 10.5 Å². The van der Waals surface area contributed by atoms with Crippen molar-refractivity contribution in [2.75, 3.05) is 25.9 Å². The SMILES string of the molecule is COC1CCCN(S(=O)(=O)c2cc(N)c(F)cc2Br)C1. The van der Waals surface area contributed by atoms with Crippen LogP contribution in [0.3, 0.4) is 0 Å². The van der Waals surface area contributed by atoms with Gasteiger partial charge in [-0.05, 0) is 40.9 Å². The summed E-state index contributed by atoms with van der Waals surface area (Å²) in [5.41, 5.74) is 5.28. The summed E-state index contributed by atoms with van der Waals surface area (Å²) in [6, 6.07) is 2.21. The summed E-state index contributed by atoms with van der Waals surface area (Å²) in [5, 5.41) is 0. The molecule has 1 fully saturated rings. The van der Waals surface area contributed by atoms with Crippen molar-refractivity contribution in [2.24, 2.45) is 0 Å². The normalized spacial score (nSPS) is 21.1. The number of nitrogen functional groups attached to an aromatic ring is 1. The molecule has 2 N–H and O–H groups in total. The molecule has 0 aliphatic carbocycles. The van der Waals surface area contributed by atoms with Gasteiger partial charge in [-0.25, -0.2) is 12.8 Å². The van der Waals surface area contributed by atoms with Gasteiger partial charge in [0.15, 0.2) is 0 Å². The number of nitrogens with zero attached hydrogens (tertiary/aromatic N) is 1. The number of ether oxygens (including phenoxy) is 1.